The minimum atomic E-state index is -0.752. The van der Waals surface area contributed by atoms with Crippen molar-refractivity contribution in [2.45, 2.75) is 44.6 Å². The summed E-state index contributed by atoms with van der Waals surface area (Å²) in [7, 11) is 1.62. The van der Waals surface area contributed by atoms with Crippen LogP contribution in [0, 0.1) is 17.6 Å². The summed E-state index contributed by atoms with van der Waals surface area (Å²) in [5.74, 6) is 0.0172. The van der Waals surface area contributed by atoms with Crippen molar-refractivity contribution in [2.75, 3.05) is 12.4 Å². The number of anilines is 1. The number of pyridine rings is 1. The average molecular weight is 385 g/mol. The Morgan fingerprint density at radius 1 is 1.21 bits per heavy atom. The second kappa shape index (κ2) is 5.86. The van der Waals surface area contributed by atoms with E-state index in [1.165, 1.54) is 6.20 Å². The molecule has 28 heavy (non-hydrogen) atoms. The lowest BCUT2D eigenvalue weighted by molar-refractivity contribution is -0.0333. The van der Waals surface area contributed by atoms with Crippen LogP contribution >= 0.6 is 0 Å². The lowest BCUT2D eigenvalue weighted by Crippen LogP contribution is -2.56. The molecule has 8 heteroatoms. The normalized spacial score (nSPS) is 22.9. The van der Waals surface area contributed by atoms with Crippen molar-refractivity contribution in [3.05, 3.63) is 35.7 Å². The molecule has 3 fully saturated rings. The quantitative estimate of drug-likeness (QED) is 0.721. The molecule has 0 amide bonds. The zero-order valence-corrected chi connectivity index (χ0v) is 16.0. The summed E-state index contributed by atoms with van der Waals surface area (Å²) in [6, 6.07) is 2.62. The third kappa shape index (κ3) is 2.40. The molecule has 0 spiro atoms. The maximum atomic E-state index is 14.6. The number of hydrogen-bond donors (Lipinski definition) is 1. The first-order valence-electron chi connectivity index (χ1n) is 9.46. The molecule has 3 aromatic heterocycles. The molecule has 3 heterocycles. The summed E-state index contributed by atoms with van der Waals surface area (Å²) in [4.78, 5) is 8.53. The van der Waals surface area contributed by atoms with Crippen molar-refractivity contribution < 1.29 is 13.5 Å². The molecule has 0 saturated heterocycles. The third-order valence-electron chi connectivity index (χ3n) is 5.82. The lowest BCUT2D eigenvalue weighted by Gasteiger charge is -2.61. The van der Waals surface area contributed by atoms with Crippen molar-refractivity contribution in [2.24, 2.45) is 5.92 Å². The first kappa shape index (κ1) is 17.3. The Labute approximate surface area is 161 Å². The van der Waals surface area contributed by atoms with Gasteiger partial charge in [-0.2, -0.15) is 5.10 Å². The molecular weight excluding hydrogens is 364 g/mol. The lowest BCUT2D eigenvalue weighted by atomic mass is 9.43. The molecular formula is C20H21F2N5O. The number of rotatable bonds is 5. The summed E-state index contributed by atoms with van der Waals surface area (Å²) in [5.41, 5.74) is 1.87. The Balaban J connectivity index is 1.67. The van der Waals surface area contributed by atoms with Gasteiger partial charge in [-0.3, -0.25) is 0 Å². The first-order chi connectivity index (χ1) is 13.4. The van der Waals surface area contributed by atoms with Gasteiger partial charge in [-0.1, -0.05) is 0 Å². The Hall–Kier alpha value is -2.77. The highest BCUT2D eigenvalue weighted by Gasteiger charge is 2.59. The van der Waals surface area contributed by atoms with Gasteiger partial charge in [0, 0.05) is 23.6 Å². The summed E-state index contributed by atoms with van der Waals surface area (Å²) in [6.45, 7) is 3.73. The highest BCUT2D eigenvalue weighted by molar-refractivity contribution is 5.63. The number of halogens is 2. The number of nitrogens with one attached hydrogen (secondary N) is 1. The molecule has 3 aliphatic rings. The molecule has 3 saturated carbocycles. The maximum Gasteiger partial charge on any atom is 0.168 e. The number of ether oxygens (including phenoxy) is 1. The second-order valence-corrected chi connectivity index (χ2v) is 8.18. The Morgan fingerprint density at radius 2 is 1.96 bits per heavy atom. The Bertz CT molecular complexity index is 1080. The highest BCUT2D eigenvalue weighted by Crippen LogP contribution is 2.66. The largest absolute Gasteiger partial charge is 0.495 e. The second-order valence-electron chi connectivity index (χ2n) is 8.18. The van der Waals surface area contributed by atoms with Gasteiger partial charge in [-0.15, -0.1) is 0 Å². The number of aromatic nitrogens is 4. The highest BCUT2D eigenvalue weighted by atomic mass is 19.1. The van der Waals surface area contributed by atoms with Crippen LogP contribution < -0.4 is 10.1 Å². The van der Waals surface area contributed by atoms with Crippen molar-refractivity contribution >= 4 is 11.5 Å². The van der Waals surface area contributed by atoms with Gasteiger partial charge in [-0.25, -0.2) is 23.3 Å². The summed E-state index contributed by atoms with van der Waals surface area (Å²) >= 11 is 0. The van der Waals surface area contributed by atoms with E-state index in [4.69, 9.17) is 9.84 Å². The molecule has 0 aromatic carbocycles. The molecule has 146 valence electrons. The van der Waals surface area contributed by atoms with Gasteiger partial charge in [0.15, 0.2) is 23.1 Å². The molecule has 0 unspecified atom stereocenters. The van der Waals surface area contributed by atoms with Crippen molar-refractivity contribution in [1.29, 1.82) is 0 Å². The van der Waals surface area contributed by atoms with E-state index in [0.717, 1.165) is 36.9 Å². The van der Waals surface area contributed by atoms with Gasteiger partial charge >= 0.3 is 0 Å². The number of methoxy groups -OCH3 is 1. The molecule has 6 rings (SSSR count). The monoisotopic (exact) mass is 385 g/mol. The zero-order chi connectivity index (χ0) is 19.6. The van der Waals surface area contributed by atoms with Gasteiger partial charge in [0.25, 0.3) is 0 Å². The van der Waals surface area contributed by atoms with Crippen LogP contribution in [0.3, 0.4) is 0 Å². The van der Waals surface area contributed by atoms with Crippen LogP contribution in [-0.2, 0) is 5.41 Å². The van der Waals surface area contributed by atoms with E-state index < -0.39 is 11.6 Å². The van der Waals surface area contributed by atoms with E-state index in [9.17, 15) is 8.78 Å². The fourth-order valence-electron chi connectivity index (χ4n) is 4.37. The van der Waals surface area contributed by atoms with Crippen molar-refractivity contribution in [3.8, 4) is 17.1 Å². The van der Waals surface area contributed by atoms with E-state index in [0.29, 0.717) is 17.1 Å². The zero-order valence-electron chi connectivity index (χ0n) is 16.0. The molecule has 3 aliphatic carbocycles. The van der Waals surface area contributed by atoms with E-state index in [1.807, 2.05) is 19.9 Å². The van der Waals surface area contributed by atoms with E-state index >= 15 is 0 Å². The smallest absolute Gasteiger partial charge is 0.168 e. The third-order valence-corrected chi connectivity index (χ3v) is 5.82. The number of fused-ring (bicyclic) bond motifs is 1. The van der Waals surface area contributed by atoms with Crippen LogP contribution in [0.2, 0.25) is 0 Å². The fourth-order valence-corrected chi connectivity index (χ4v) is 4.37. The molecule has 0 aliphatic heterocycles. The summed E-state index contributed by atoms with van der Waals surface area (Å²) in [6.07, 6.45) is 4.84. The maximum absolute atomic E-state index is 14.6. The van der Waals surface area contributed by atoms with Crippen molar-refractivity contribution in [1.82, 2.24) is 19.6 Å². The van der Waals surface area contributed by atoms with E-state index in [2.05, 4.69) is 15.3 Å². The standard InChI is InChI=1S/C20H21F2N5O/c1-10(2)24-19-13(22)4-12(21)17(25-19)14-9-23-16-5-15(28-3)18(26-27(14)16)20-6-11(7-20)8-20/h4-5,9-11H,6-8H2,1-3H3,(H,24,25). The summed E-state index contributed by atoms with van der Waals surface area (Å²) in [5, 5.41) is 7.68. The first-order valence-corrected chi connectivity index (χ1v) is 9.46. The van der Waals surface area contributed by atoms with Crippen molar-refractivity contribution in [3.63, 3.8) is 0 Å². The predicted molar refractivity (Wildman–Crippen MR) is 100 cm³/mol. The Morgan fingerprint density at radius 3 is 2.57 bits per heavy atom. The van der Waals surface area contributed by atoms with Crippen LogP contribution in [-0.4, -0.2) is 32.7 Å². The number of imidazole rings is 1. The van der Waals surface area contributed by atoms with Gasteiger partial charge in [0.1, 0.15) is 22.8 Å². The Kier molecular flexibility index (Phi) is 3.63. The molecule has 2 bridgehead atoms. The van der Waals surface area contributed by atoms with Crippen LogP contribution in [0.5, 0.6) is 5.75 Å². The van der Waals surface area contributed by atoms with Gasteiger partial charge in [-0.05, 0) is 39.0 Å². The molecule has 1 N–H and O–H groups in total. The van der Waals surface area contributed by atoms with Crippen LogP contribution in [0.15, 0.2) is 18.3 Å². The van der Waals surface area contributed by atoms with Crippen LogP contribution in [0.1, 0.15) is 38.8 Å². The van der Waals surface area contributed by atoms with Gasteiger partial charge in [0.2, 0.25) is 0 Å². The number of nitrogens with zero attached hydrogens (tertiary/aromatic N) is 4. The predicted octanol–water partition coefficient (Wildman–Crippen LogP) is 3.95. The van der Waals surface area contributed by atoms with Crippen LogP contribution in [0.25, 0.3) is 17.0 Å². The number of hydrogen-bond acceptors (Lipinski definition) is 5. The summed E-state index contributed by atoms with van der Waals surface area (Å²) < 4.78 is 35.8. The SMILES string of the molecule is COc1cc2ncc(-c3nc(NC(C)C)c(F)cc3F)n2nc1C12CC(C1)C2. The van der Waals surface area contributed by atoms with E-state index in [-0.39, 0.29) is 23.0 Å². The minimum absolute atomic E-state index is 0.00880. The van der Waals surface area contributed by atoms with Crippen LogP contribution in [0.4, 0.5) is 14.6 Å². The average Bonchev–Trinajstić information content (AvgIpc) is 2.96. The molecule has 3 aromatic rings. The topological polar surface area (TPSA) is 64.3 Å². The van der Waals surface area contributed by atoms with Gasteiger partial charge < -0.3 is 10.1 Å². The molecule has 0 radical (unpaired) electrons. The minimum Gasteiger partial charge on any atom is -0.495 e. The molecule has 0 atom stereocenters. The van der Waals surface area contributed by atoms with Gasteiger partial charge in [0.05, 0.1) is 13.3 Å². The fraction of sp³-hybridized carbons (Fsp3) is 0.450. The molecule has 6 nitrogen and oxygen atoms in total. The van der Waals surface area contributed by atoms with E-state index in [1.54, 1.807) is 11.6 Å².